The molecule has 4 heterocycles. The standard InChI is InChI=1S/C27H20FN5O2S/c1-17-25-21(14-24(34)31(17)16-19-10-7-13-23(28)29-19)32(15-18-8-3-2-4-9-18)33(26(25)35)27-30-20-11-5-6-12-22(20)36-27/h2-14H,15-16H2,1H3. The zero-order chi connectivity index (χ0) is 24.8. The van der Waals surface area contributed by atoms with E-state index in [1.807, 2.05) is 59.3 Å². The Kier molecular flexibility index (Phi) is 5.34. The van der Waals surface area contributed by atoms with Crippen LogP contribution in [0.25, 0.3) is 26.3 Å². The first-order chi connectivity index (χ1) is 17.5. The van der Waals surface area contributed by atoms with Gasteiger partial charge in [-0.25, -0.2) is 9.97 Å². The topological polar surface area (TPSA) is 74.7 Å². The van der Waals surface area contributed by atoms with Crippen LogP contribution in [0.4, 0.5) is 4.39 Å². The van der Waals surface area contributed by atoms with Crippen LogP contribution in [0.3, 0.4) is 0 Å². The van der Waals surface area contributed by atoms with Gasteiger partial charge in [-0.15, -0.1) is 0 Å². The molecule has 6 aromatic rings. The second-order valence-corrected chi connectivity index (χ2v) is 9.50. The quantitative estimate of drug-likeness (QED) is 0.329. The molecule has 0 bridgehead atoms. The van der Waals surface area contributed by atoms with Gasteiger partial charge in [-0.3, -0.25) is 14.3 Å². The molecule has 6 rings (SSSR count). The summed E-state index contributed by atoms with van der Waals surface area (Å²) in [6, 6.07) is 23.4. The van der Waals surface area contributed by atoms with Crippen LogP contribution in [0.5, 0.6) is 0 Å². The maximum Gasteiger partial charge on any atom is 0.283 e. The number of halogens is 1. The molecular formula is C27H20FN5O2S. The summed E-state index contributed by atoms with van der Waals surface area (Å²) in [5.41, 5.74) is 2.64. The van der Waals surface area contributed by atoms with Crippen LogP contribution < -0.4 is 11.1 Å². The molecule has 178 valence electrons. The van der Waals surface area contributed by atoms with Crippen molar-refractivity contribution in [2.45, 2.75) is 20.0 Å². The molecule has 4 aromatic heterocycles. The van der Waals surface area contributed by atoms with Crippen molar-refractivity contribution in [3.8, 4) is 5.13 Å². The molecule has 0 saturated carbocycles. The van der Waals surface area contributed by atoms with Crippen LogP contribution in [0.15, 0.2) is 88.5 Å². The Morgan fingerprint density at radius 1 is 0.889 bits per heavy atom. The van der Waals surface area contributed by atoms with Crippen molar-refractivity contribution in [3.63, 3.8) is 0 Å². The Hall–Kier alpha value is -4.37. The molecule has 0 radical (unpaired) electrons. The van der Waals surface area contributed by atoms with Crippen LogP contribution in [0, 0.1) is 12.9 Å². The number of nitrogens with zero attached hydrogens (tertiary/aromatic N) is 5. The molecule has 0 spiro atoms. The van der Waals surface area contributed by atoms with E-state index in [1.165, 1.54) is 28.0 Å². The largest absolute Gasteiger partial charge is 0.306 e. The van der Waals surface area contributed by atoms with Crippen molar-refractivity contribution in [1.82, 2.24) is 23.9 Å². The molecule has 0 amide bonds. The van der Waals surface area contributed by atoms with Crippen molar-refractivity contribution >= 4 is 32.5 Å². The number of thiazole rings is 1. The fraction of sp³-hybridized carbons (Fsp3) is 0.111. The van der Waals surface area contributed by atoms with Crippen molar-refractivity contribution < 1.29 is 4.39 Å². The lowest BCUT2D eigenvalue weighted by Crippen LogP contribution is -2.24. The summed E-state index contributed by atoms with van der Waals surface area (Å²) in [4.78, 5) is 35.8. The Morgan fingerprint density at radius 2 is 1.67 bits per heavy atom. The first-order valence-corrected chi connectivity index (χ1v) is 12.2. The van der Waals surface area contributed by atoms with E-state index in [9.17, 15) is 14.0 Å². The second kappa shape index (κ2) is 8.69. The van der Waals surface area contributed by atoms with E-state index in [0.29, 0.717) is 34.0 Å². The van der Waals surface area contributed by atoms with Crippen LogP contribution in [-0.4, -0.2) is 23.9 Å². The van der Waals surface area contributed by atoms with Crippen molar-refractivity contribution in [1.29, 1.82) is 0 Å². The summed E-state index contributed by atoms with van der Waals surface area (Å²) in [6.07, 6.45) is 0. The third kappa shape index (κ3) is 3.74. The summed E-state index contributed by atoms with van der Waals surface area (Å²) < 4.78 is 19.5. The summed E-state index contributed by atoms with van der Waals surface area (Å²) >= 11 is 1.42. The van der Waals surface area contributed by atoms with Gasteiger partial charge in [0.2, 0.25) is 11.1 Å². The minimum Gasteiger partial charge on any atom is -0.306 e. The molecule has 0 aliphatic rings. The van der Waals surface area contributed by atoms with Gasteiger partial charge >= 0.3 is 0 Å². The van der Waals surface area contributed by atoms with Crippen molar-refractivity contribution in [2.75, 3.05) is 0 Å². The number of para-hydroxylation sites is 1. The highest BCUT2D eigenvalue weighted by molar-refractivity contribution is 7.20. The number of fused-ring (bicyclic) bond motifs is 2. The molecule has 0 unspecified atom stereocenters. The predicted molar refractivity (Wildman–Crippen MR) is 139 cm³/mol. The molecule has 36 heavy (non-hydrogen) atoms. The van der Waals surface area contributed by atoms with E-state index in [-0.39, 0.29) is 17.7 Å². The number of benzene rings is 2. The SMILES string of the molecule is Cc1c2c(=O)n(-c3nc4ccccc4s3)n(Cc3ccccc3)c2cc(=O)n1Cc1cccc(F)n1. The molecule has 0 fully saturated rings. The van der Waals surface area contributed by atoms with Crippen LogP contribution >= 0.6 is 11.3 Å². The van der Waals surface area contributed by atoms with E-state index in [1.54, 1.807) is 23.7 Å². The number of pyridine rings is 2. The van der Waals surface area contributed by atoms with Crippen molar-refractivity contribution in [3.05, 3.63) is 122 Å². The first kappa shape index (κ1) is 22.1. The molecule has 0 atom stereocenters. The maximum atomic E-state index is 13.9. The number of aryl methyl sites for hydroxylation is 1. The highest BCUT2D eigenvalue weighted by Gasteiger charge is 2.22. The lowest BCUT2D eigenvalue weighted by atomic mass is 10.2. The van der Waals surface area contributed by atoms with Gasteiger partial charge in [-0.1, -0.05) is 59.9 Å². The van der Waals surface area contributed by atoms with Gasteiger partial charge in [-0.05, 0) is 36.8 Å². The van der Waals surface area contributed by atoms with Gasteiger partial charge in [0, 0.05) is 11.8 Å². The van der Waals surface area contributed by atoms with E-state index in [2.05, 4.69) is 4.98 Å². The highest BCUT2D eigenvalue weighted by atomic mass is 32.1. The average Bonchev–Trinajstić information content (AvgIpc) is 3.41. The molecule has 0 aliphatic carbocycles. The zero-order valence-electron chi connectivity index (χ0n) is 19.3. The number of hydrogen-bond donors (Lipinski definition) is 0. The Morgan fingerprint density at radius 3 is 2.44 bits per heavy atom. The second-order valence-electron chi connectivity index (χ2n) is 8.49. The summed E-state index contributed by atoms with van der Waals surface area (Å²) in [5.74, 6) is -0.619. The van der Waals surface area contributed by atoms with Crippen LogP contribution in [0.2, 0.25) is 0 Å². The van der Waals surface area contributed by atoms with Gasteiger partial charge in [0.25, 0.3) is 11.1 Å². The Balaban J connectivity index is 1.61. The molecule has 7 nitrogen and oxygen atoms in total. The van der Waals surface area contributed by atoms with E-state index in [0.717, 1.165) is 15.8 Å². The third-order valence-electron chi connectivity index (χ3n) is 6.21. The molecule has 2 aromatic carbocycles. The lowest BCUT2D eigenvalue weighted by Gasteiger charge is -2.12. The fourth-order valence-electron chi connectivity index (χ4n) is 4.49. The third-order valence-corrected chi connectivity index (χ3v) is 7.22. The summed E-state index contributed by atoms with van der Waals surface area (Å²) in [7, 11) is 0. The predicted octanol–water partition coefficient (Wildman–Crippen LogP) is 4.50. The minimum atomic E-state index is -0.619. The van der Waals surface area contributed by atoms with Gasteiger partial charge < -0.3 is 4.57 Å². The fourth-order valence-corrected chi connectivity index (χ4v) is 5.47. The molecule has 0 aliphatic heterocycles. The molecule has 9 heteroatoms. The maximum absolute atomic E-state index is 13.9. The van der Waals surface area contributed by atoms with E-state index < -0.39 is 5.95 Å². The van der Waals surface area contributed by atoms with Crippen LogP contribution in [0.1, 0.15) is 17.0 Å². The summed E-state index contributed by atoms with van der Waals surface area (Å²) in [5, 5.41) is 0.944. The number of rotatable bonds is 5. The average molecular weight is 498 g/mol. The van der Waals surface area contributed by atoms with Crippen LogP contribution in [-0.2, 0) is 13.1 Å². The highest BCUT2D eigenvalue weighted by Crippen LogP contribution is 2.26. The van der Waals surface area contributed by atoms with Gasteiger partial charge in [0.1, 0.15) is 0 Å². The van der Waals surface area contributed by atoms with E-state index >= 15 is 0 Å². The monoisotopic (exact) mass is 497 g/mol. The van der Waals surface area contributed by atoms with Gasteiger partial charge in [0.05, 0.1) is 39.9 Å². The molecule has 0 N–H and O–H groups in total. The zero-order valence-corrected chi connectivity index (χ0v) is 20.1. The van der Waals surface area contributed by atoms with E-state index in [4.69, 9.17) is 4.98 Å². The Bertz CT molecular complexity index is 1830. The summed E-state index contributed by atoms with van der Waals surface area (Å²) in [6.45, 7) is 2.17. The number of hydrogen-bond acceptors (Lipinski definition) is 5. The normalized spacial score (nSPS) is 11.5. The lowest BCUT2D eigenvalue weighted by molar-refractivity contribution is 0.570. The first-order valence-electron chi connectivity index (χ1n) is 11.4. The van der Waals surface area contributed by atoms with Crippen molar-refractivity contribution in [2.24, 2.45) is 0 Å². The molecular weight excluding hydrogens is 477 g/mol. The smallest absolute Gasteiger partial charge is 0.283 e. The van der Waals surface area contributed by atoms with Gasteiger partial charge in [0.15, 0.2) is 0 Å². The minimum absolute atomic E-state index is 0.0583. The Labute approximate surface area is 208 Å². The number of aromatic nitrogens is 5. The van der Waals surface area contributed by atoms with Gasteiger partial charge in [-0.2, -0.15) is 9.07 Å². The molecule has 0 saturated heterocycles.